The number of esters is 1. The molecule has 5 heteroatoms. The second-order valence-corrected chi connectivity index (χ2v) is 6.72. The fourth-order valence-corrected chi connectivity index (χ4v) is 2.68. The van der Waals surface area contributed by atoms with Crippen molar-refractivity contribution in [2.75, 3.05) is 6.61 Å². The van der Waals surface area contributed by atoms with E-state index < -0.39 is 5.97 Å². The second kappa shape index (κ2) is 8.41. The molecule has 0 saturated heterocycles. The van der Waals surface area contributed by atoms with Crippen LogP contribution in [0.2, 0.25) is 10.0 Å². The molecule has 2 aromatic rings. The van der Waals surface area contributed by atoms with Crippen molar-refractivity contribution in [2.24, 2.45) is 0 Å². The molecule has 0 aliphatic heterocycles. The van der Waals surface area contributed by atoms with E-state index in [9.17, 15) is 4.79 Å². The topological polar surface area (TPSA) is 35.5 Å². The Kier molecular flexibility index (Phi) is 6.52. The number of carbonyl (C=O) groups is 1. The molecule has 0 bridgehead atoms. The minimum Gasteiger partial charge on any atom is -0.482 e. The smallest absolute Gasteiger partial charge is 0.344 e. The van der Waals surface area contributed by atoms with Crippen molar-refractivity contribution in [1.82, 2.24) is 0 Å². The highest BCUT2D eigenvalue weighted by Gasteiger charge is 2.12. The highest BCUT2D eigenvalue weighted by Crippen LogP contribution is 2.27. The molecule has 0 aliphatic rings. The van der Waals surface area contributed by atoms with Crippen molar-refractivity contribution in [3.63, 3.8) is 0 Å². The maximum atomic E-state index is 11.9. The lowest BCUT2D eigenvalue weighted by Gasteiger charge is -2.14. The van der Waals surface area contributed by atoms with Gasteiger partial charge in [-0.25, -0.2) is 4.79 Å². The standard InChI is InChI=1S/C19H20Cl2O3/c1-12(2)16-7-4-13(3)8-18(16)23-11-19(22)24-10-14-5-6-15(20)9-17(14)21/h4-9,12H,10-11H2,1-3H3. The molecule has 0 saturated carbocycles. The van der Waals surface area contributed by atoms with Crippen molar-refractivity contribution >= 4 is 29.2 Å². The second-order valence-electron chi connectivity index (χ2n) is 5.88. The predicted molar refractivity (Wildman–Crippen MR) is 97.0 cm³/mol. The van der Waals surface area contributed by atoms with Gasteiger partial charge in [-0.15, -0.1) is 0 Å². The van der Waals surface area contributed by atoms with Crippen LogP contribution >= 0.6 is 23.2 Å². The summed E-state index contributed by atoms with van der Waals surface area (Å²) in [6.45, 7) is 6.09. The summed E-state index contributed by atoms with van der Waals surface area (Å²) in [4.78, 5) is 11.9. The van der Waals surface area contributed by atoms with Gasteiger partial charge in [-0.05, 0) is 42.2 Å². The number of benzene rings is 2. The fraction of sp³-hybridized carbons (Fsp3) is 0.316. The highest BCUT2D eigenvalue weighted by molar-refractivity contribution is 6.35. The third-order valence-corrected chi connectivity index (χ3v) is 4.13. The molecule has 128 valence electrons. The van der Waals surface area contributed by atoms with Crippen molar-refractivity contribution in [1.29, 1.82) is 0 Å². The number of aryl methyl sites for hydroxylation is 1. The zero-order chi connectivity index (χ0) is 17.7. The quantitative estimate of drug-likeness (QED) is 0.628. The Morgan fingerprint density at radius 1 is 1.12 bits per heavy atom. The normalized spacial score (nSPS) is 10.8. The largest absolute Gasteiger partial charge is 0.482 e. The van der Waals surface area contributed by atoms with Crippen LogP contribution in [0.25, 0.3) is 0 Å². The van der Waals surface area contributed by atoms with E-state index in [1.807, 2.05) is 25.1 Å². The van der Waals surface area contributed by atoms with Crippen LogP contribution in [-0.4, -0.2) is 12.6 Å². The van der Waals surface area contributed by atoms with Crippen LogP contribution in [0.4, 0.5) is 0 Å². The number of hydrogen-bond acceptors (Lipinski definition) is 3. The number of carbonyl (C=O) groups excluding carboxylic acids is 1. The van der Waals surface area contributed by atoms with Gasteiger partial charge in [0.15, 0.2) is 6.61 Å². The van der Waals surface area contributed by atoms with E-state index in [-0.39, 0.29) is 13.2 Å². The van der Waals surface area contributed by atoms with E-state index in [0.29, 0.717) is 27.3 Å². The highest BCUT2D eigenvalue weighted by atomic mass is 35.5. The average molecular weight is 367 g/mol. The van der Waals surface area contributed by atoms with E-state index in [2.05, 4.69) is 13.8 Å². The summed E-state index contributed by atoms with van der Waals surface area (Å²) < 4.78 is 10.9. The van der Waals surface area contributed by atoms with Crippen LogP contribution in [0.5, 0.6) is 5.75 Å². The van der Waals surface area contributed by atoms with Gasteiger partial charge in [0.05, 0.1) is 0 Å². The molecular formula is C19H20Cl2O3. The van der Waals surface area contributed by atoms with Gasteiger partial charge in [0.25, 0.3) is 0 Å². The zero-order valence-corrected chi connectivity index (χ0v) is 15.4. The number of rotatable bonds is 6. The maximum absolute atomic E-state index is 11.9. The molecule has 0 heterocycles. The SMILES string of the molecule is Cc1ccc(C(C)C)c(OCC(=O)OCc2ccc(Cl)cc2Cl)c1. The molecule has 2 rings (SSSR count). The van der Waals surface area contributed by atoms with Crippen LogP contribution in [0.15, 0.2) is 36.4 Å². The van der Waals surface area contributed by atoms with E-state index in [4.69, 9.17) is 32.7 Å². The molecule has 0 atom stereocenters. The van der Waals surface area contributed by atoms with Crippen molar-refractivity contribution in [3.8, 4) is 5.75 Å². The first-order valence-corrected chi connectivity index (χ1v) is 8.45. The van der Waals surface area contributed by atoms with E-state index in [0.717, 1.165) is 11.1 Å². The van der Waals surface area contributed by atoms with Crippen LogP contribution in [0.1, 0.15) is 36.5 Å². The Morgan fingerprint density at radius 3 is 2.54 bits per heavy atom. The first-order valence-electron chi connectivity index (χ1n) is 7.69. The molecule has 2 aromatic carbocycles. The summed E-state index contributed by atoms with van der Waals surface area (Å²) in [6.07, 6.45) is 0. The minimum atomic E-state index is -0.447. The van der Waals surface area contributed by atoms with Gasteiger partial charge in [-0.3, -0.25) is 0 Å². The summed E-state index contributed by atoms with van der Waals surface area (Å²) in [7, 11) is 0. The van der Waals surface area contributed by atoms with Crippen molar-refractivity contribution < 1.29 is 14.3 Å². The lowest BCUT2D eigenvalue weighted by molar-refractivity contribution is -0.147. The summed E-state index contributed by atoms with van der Waals surface area (Å²) in [6, 6.07) is 11.0. The Balaban J connectivity index is 1.93. The zero-order valence-electron chi connectivity index (χ0n) is 13.9. The Labute approximate surface area is 152 Å². The van der Waals surface area contributed by atoms with E-state index >= 15 is 0 Å². The van der Waals surface area contributed by atoms with Gasteiger partial charge in [0, 0.05) is 15.6 Å². The van der Waals surface area contributed by atoms with Crippen LogP contribution in [0, 0.1) is 6.92 Å². The fourth-order valence-electron chi connectivity index (χ4n) is 2.22. The predicted octanol–water partition coefficient (Wildman–Crippen LogP) is 5.55. The van der Waals surface area contributed by atoms with Gasteiger partial charge >= 0.3 is 5.97 Å². The molecule has 0 N–H and O–H groups in total. The molecule has 24 heavy (non-hydrogen) atoms. The Bertz CT molecular complexity index is 727. The average Bonchev–Trinajstić information content (AvgIpc) is 2.51. The molecular weight excluding hydrogens is 347 g/mol. The van der Waals surface area contributed by atoms with Crippen molar-refractivity contribution in [2.45, 2.75) is 33.3 Å². The minimum absolute atomic E-state index is 0.0864. The molecule has 0 aliphatic carbocycles. The van der Waals surface area contributed by atoms with Gasteiger partial charge in [-0.2, -0.15) is 0 Å². The van der Waals surface area contributed by atoms with Crippen LogP contribution in [-0.2, 0) is 16.1 Å². The van der Waals surface area contributed by atoms with Gasteiger partial charge in [0.2, 0.25) is 0 Å². The third-order valence-electron chi connectivity index (χ3n) is 3.54. The summed E-state index contributed by atoms with van der Waals surface area (Å²) >= 11 is 11.9. The Hall–Kier alpha value is -1.71. The third kappa shape index (κ3) is 5.15. The van der Waals surface area contributed by atoms with Crippen LogP contribution in [0.3, 0.4) is 0 Å². The van der Waals surface area contributed by atoms with Gasteiger partial charge < -0.3 is 9.47 Å². The molecule has 0 unspecified atom stereocenters. The molecule has 0 fully saturated rings. The first kappa shape index (κ1) is 18.6. The van der Waals surface area contributed by atoms with Gasteiger partial charge in [0.1, 0.15) is 12.4 Å². The summed E-state index contributed by atoms with van der Waals surface area (Å²) in [5.41, 5.74) is 2.85. The molecule has 0 aromatic heterocycles. The molecule has 3 nitrogen and oxygen atoms in total. The number of hydrogen-bond donors (Lipinski definition) is 0. The first-order chi connectivity index (χ1) is 11.4. The maximum Gasteiger partial charge on any atom is 0.344 e. The summed E-state index contributed by atoms with van der Waals surface area (Å²) in [5.74, 6) is 0.577. The van der Waals surface area contributed by atoms with Crippen LogP contribution < -0.4 is 4.74 Å². The van der Waals surface area contributed by atoms with Gasteiger partial charge in [-0.1, -0.05) is 55.2 Å². The molecule has 0 spiro atoms. The lowest BCUT2D eigenvalue weighted by atomic mass is 10.0. The number of ether oxygens (including phenoxy) is 2. The number of halogens is 2. The van der Waals surface area contributed by atoms with Crippen molar-refractivity contribution in [3.05, 3.63) is 63.1 Å². The monoisotopic (exact) mass is 366 g/mol. The lowest BCUT2D eigenvalue weighted by Crippen LogP contribution is -2.15. The summed E-state index contributed by atoms with van der Waals surface area (Å²) in [5, 5.41) is 1.01. The molecule has 0 amide bonds. The molecule has 0 radical (unpaired) electrons. The van der Waals surface area contributed by atoms with E-state index in [1.54, 1.807) is 18.2 Å². The Morgan fingerprint density at radius 2 is 1.88 bits per heavy atom. The van der Waals surface area contributed by atoms with E-state index in [1.165, 1.54) is 0 Å².